The van der Waals surface area contributed by atoms with Crippen molar-refractivity contribution in [1.82, 2.24) is 4.98 Å². The van der Waals surface area contributed by atoms with Gasteiger partial charge in [0.05, 0.1) is 30.3 Å². The number of nitrogens with one attached hydrogen (secondary N) is 1. The zero-order valence-electron chi connectivity index (χ0n) is 10.7. The minimum Gasteiger partial charge on any atom is -0.478 e. The van der Waals surface area contributed by atoms with Gasteiger partial charge in [0.2, 0.25) is 10.0 Å². The van der Waals surface area contributed by atoms with Gasteiger partial charge in [0.15, 0.2) is 0 Å². The first-order valence-electron chi connectivity index (χ1n) is 5.60. The van der Waals surface area contributed by atoms with Crippen LogP contribution >= 0.6 is 0 Å². The lowest BCUT2D eigenvalue weighted by molar-refractivity contribution is -0.140. The average Bonchev–Trinajstić information content (AvgIpc) is 2.37. The number of pyridine rings is 1. The summed E-state index contributed by atoms with van der Waals surface area (Å²) in [5.74, 6) is -1.97. The Balaban J connectivity index is 2.64. The summed E-state index contributed by atoms with van der Waals surface area (Å²) in [4.78, 5) is 25.2. The van der Waals surface area contributed by atoms with E-state index in [0.717, 1.165) is 12.3 Å². The number of hydrogen-bond donors (Lipinski definition) is 2. The lowest BCUT2D eigenvalue weighted by Crippen LogP contribution is -2.18. The molecule has 2 N–H and O–H groups in total. The number of hydrogen-bond acceptors (Lipinski definition) is 6. The van der Waals surface area contributed by atoms with Gasteiger partial charge in [0, 0.05) is 12.6 Å². The van der Waals surface area contributed by atoms with Crippen molar-refractivity contribution in [3.05, 3.63) is 24.0 Å². The highest BCUT2D eigenvalue weighted by Crippen LogP contribution is 2.11. The molecule has 0 radical (unpaired) electrons. The topological polar surface area (TPSA) is 123 Å². The number of nitrogens with zero attached hydrogens (tertiary/aromatic N) is 1. The Kier molecular flexibility index (Phi) is 5.44. The molecular formula is C11H14N2O6S. The fourth-order valence-corrected chi connectivity index (χ4v) is 2.45. The number of methoxy groups -OCH3 is 1. The molecule has 0 unspecified atom stereocenters. The second-order valence-corrected chi connectivity index (χ2v) is 5.71. The zero-order chi connectivity index (χ0) is 15.2. The summed E-state index contributed by atoms with van der Waals surface area (Å²) < 4.78 is 30.0. The second-order valence-electron chi connectivity index (χ2n) is 3.87. The van der Waals surface area contributed by atoms with Crippen LogP contribution in [0.15, 0.2) is 18.5 Å². The van der Waals surface area contributed by atoms with Crippen LogP contribution in [0, 0.1) is 0 Å². The zero-order valence-corrected chi connectivity index (χ0v) is 11.5. The number of esters is 1. The number of aromatic nitrogens is 1. The number of carboxylic acid groups (broad SMARTS) is 1. The van der Waals surface area contributed by atoms with E-state index >= 15 is 0 Å². The highest BCUT2D eigenvalue weighted by molar-refractivity contribution is 7.92. The van der Waals surface area contributed by atoms with Crippen LogP contribution in [-0.2, 0) is 19.6 Å². The highest BCUT2D eigenvalue weighted by atomic mass is 32.2. The summed E-state index contributed by atoms with van der Waals surface area (Å²) >= 11 is 0. The summed E-state index contributed by atoms with van der Waals surface area (Å²) in [6.45, 7) is 0. The Hall–Kier alpha value is -2.16. The smallest absolute Gasteiger partial charge is 0.337 e. The second kappa shape index (κ2) is 6.85. The van der Waals surface area contributed by atoms with Crippen LogP contribution < -0.4 is 4.72 Å². The monoisotopic (exact) mass is 302 g/mol. The number of carbonyl (C=O) groups excluding carboxylic acids is 1. The number of sulfonamides is 1. The molecule has 0 amide bonds. The standard InChI is InChI=1S/C11H14N2O6S/c1-19-10(14)3-2-4-20(17,18)13-9-5-8(11(15)16)6-12-7-9/h5-7,13H,2-4H2,1H3,(H,15,16). The van der Waals surface area contributed by atoms with Gasteiger partial charge in [-0.1, -0.05) is 0 Å². The maximum absolute atomic E-state index is 11.7. The van der Waals surface area contributed by atoms with E-state index in [4.69, 9.17) is 5.11 Å². The van der Waals surface area contributed by atoms with Crippen molar-refractivity contribution < 1.29 is 27.9 Å². The molecule has 0 atom stereocenters. The van der Waals surface area contributed by atoms with Gasteiger partial charge in [-0.05, 0) is 12.5 Å². The van der Waals surface area contributed by atoms with Crippen LogP contribution in [0.4, 0.5) is 5.69 Å². The summed E-state index contributed by atoms with van der Waals surface area (Å²) in [6.07, 6.45) is 2.40. The highest BCUT2D eigenvalue weighted by Gasteiger charge is 2.13. The third kappa shape index (κ3) is 5.22. The molecule has 1 aromatic rings. The van der Waals surface area contributed by atoms with E-state index in [9.17, 15) is 18.0 Å². The molecule has 0 aliphatic heterocycles. The lowest BCUT2D eigenvalue weighted by atomic mass is 10.3. The van der Waals surface area contributed by atoms with Crippen LogP contribution in [0.2, 0.25) is 0 Å². The summed E-state index contributed by atoms with van der Waals surface area (Å²) in [6, 6.07) is 1.16. The van der Waals surface area contributed by atoms with Crippen molar-refractivity contribution >= 4 is 27.6 Å². The van der Waals surface area contributed by atoms with E-state index < -0.39 is 22.0 Å². The van der Waals surface area contributed by atoms with Crippen LogP contribution in [0.5, 0.6) is 0 Å². The minimum atomic E-state index is -3.67. The first kappa shape index (κ1) is 15.9. The molecule has 0 aliphatic rings. The molecule has 0 saturated heterocycles. The number of ether oxygens (including phenoxy) is 1. The van der Waals surface area contributed by atoms with Crippen LogP contribution in [-0.4, -0.2) is 43.3 Å². The minimum absolute atomic E-state index is 0.00910. The molecule has 0 bridgehead atoms. The van der Waals surface area contributed by atoms with Gasteiger partial charge in [-0.25, -0.2) is 13.2 Å². The van der Waals surface area contributed by atoms with E-state index in [1.165, 1.54) is 13.3 Å². The largest absolute Gasteiger partial charge is 0.478 e. The van der Waals surface area contributed by atoms with Crippen LogP contribution in [0.25, 0.3) is 0 Å². The molecule has 0 aliphatic carbocycles. The molecule has 1 heterocycles. The van der Waals surface area contributed by atoms with Crippen LogP contribution in [0.1, 0.15) is 23.2 Å². The third-order valence-electron chi connectivity index (χ3n) is 2.28. The van der Waals surface area contributed by atoms with Crippen molar-refractivity contribution in [3.63, 3.8) is 0 Å². The van der Waals surface area contributed by atoms with Gasteiger partial charge in [-0.15, -0.1) is 0 Å². The van der Waals surface area contributed by atoms with E-state index in [1.807, 2.05) is 0 Å². The van der Waals surface area contributed by atoms with E-state index in [2.05, 4.69) is 14.4 Å². The predicted octanol–water partition coefficient (Wildman–Crippen LogP) is 0.475. The molecule has 0 aromatic carbocycles. The molecule has 0 saturated carbocycles. The first-order valence-corrected chi connectivity index (χ1v) is 7.25. The van der Waals surface area contributed by atoms with Gasteiger partial charge in [0.25, 0.3) is 0 Å². The van der Waals surface area contributed by atoms with Crippen molar-refractivity contribution in [3.8, 4) is 0 Å². The Morgan fingerprint density at radius 1 is 1.40 bits per heavy atom. The van der Waals surface area contributed by atoms with Crippen LogP contribution in [0.3, 0.4) is 0 Å². The molecule has 0 fully saturated rings. The number of anilines is 1. The third-order valence-corrected chi connectivity index (χ3v) is 3.65. The Bertz CT molecular complexity index is 599. The fourth-order valence-electron chi connectivity index (χ4n) is 1.35. The molecule has 0 spiro atoms. The molecule has 20 heavy (non-hydrogen) atoms. The van der Waals surface area contributed by atoms with Gasteiger partial charge in [-0.2, -0.15) is 0 Å². The predicted molar refractivity (Wildman–Crippen MR) is 69.9 cm³/mol. The SMILES string of the molecule is COC(=O)CCCS(=O)(=O)Nc1cncc(C(=O)O)c1. The number of aromatic carboxylic acids is 1. The molecular weight excluding hydrogens is 288 g/mol. The number of carboxylic acids is 1. The Morgan fingerprint density at radius 3 is 2.70 bits per heavy atom. The molecule has 9 heteroatoms. The van der Waals surface area contributed by atoms with Gasteiger partial charge < -0.3 is 9.84 Å². The van der Waals surface area contributed by atoms with Gasteiger partial charge in [-0.3, -0.25) is 14.5 Å². The molecule has 1 rings (SSSR count). The Morgan fingerprint density at radius 2 is 2.10 bits per heavy atom. The Labute approximate surface area is 115 Å². The summed E-state index contributed by atoms with van der Waals surface area (Å²) in [5.41, 5.74) is -0.0669. The van der Waals surface area contributed by atoms with Crippen molar-refractivity contribution in [2.45, 2.75) is 12.8 Å². The van der Waals surface area contributed by atoms with E-state index in [1.54, 1.807) is 0 Å². The van der Waals surface area contributed by atoms with Gasteiger partial charge in [0.1, 0.15) is 0 Å². The summed E-state index contributed by atoms with van der Waals surface area (Å²) in [5, 5.41) is 8.77. The molecule has 110 valence electrons. The average molecular weight is 302 g/mol. The maximum Gasteiger partial charge on any atom is 0.337 e. The van der Waals surface area contributed by atoms with Gasteiger partial charge >= 0.3 is 11.9 Å². The van der Waals surface area contributed by atoms with Crippen molar-refractivity contribution in [2.24, 2.45) is 0 Å². The summed E-state index contributed by atoms with van der Waals surface area (Å²) in [7, 11) is -2.45. The number of rotatable bonds is 7. The first-order chi connectivity index (χ1) is 9.34. The van der Waals surface area contributed by atoms with E-state index in [0.29, 0.717) is 0 Å². The van der Waals surface area contributed by atoms with E-state index in [-0.39, 0.29) is 29.8 Å². The molecule has 8 nitrogen and oxygen atoms in total. The quantitative estimate of drug-likeness (QED) is 0.702. The molecule has 1 aromatic heterocycles. The fraction of sp³-hybridized carbons (Fsp3) is 0.364. The van der Waals surface area contributed by atoms with Crippen molar-refractivity contribution in [2.75, 3.05) is 17.6 Å². The normalized spacial score (nSPS) is 10.8. The lowest BCUT2D eigenvalue weighted by Gasteiger charge is -2.07. The maximum atomic E-state index is 11.7. The number of carbonyl (C=O) groups is 2. The van der Waals surface area contributed by atoms with Crippen molar-refractivity contribution in [1.29, 1.82) is 0 Å².